The normalized spacial score (nSPS) is 13.7. The molecule has 1 aliphatic rings. The maximum atomic E-state index is 11.3. The topological polar surface area (TPSA) is 60.9 Å². The molecule has 21 heavy (non-hydrogen) atoms. The molecule has 4 nitrogen and oxygen atoms in total. The van der Waals surface area contributed by atoms with Gasteiger partial charge in [0.25, 0.3) is 0 Å². The third-order valence-corrected chi connectivity index (χ3v) is 4.20. The Labute approximate surface area is 132 Å². The summed E-state index contributed by atoms with van der Waals surface area (Å²) in [7, 11) is 0. The summed E-state index contributed by atoms with van der Waals surface area (Å²) in [6.45, 7) is 0.716. The van der Waals surface area contributed by atoms with Crippen molar-refractivity contribution >= 4 is 35.2 Å². The summed E-state index contributed by atoms with van der Waals surface area (Å²) in [6, 6.07) is 3.79. The zero-order valence-electron chi connectivity index (χ0n) is 11.1. The lowest BCUT2D eigenvalue weighted by molar-refractivity contribution is -0.117. The van der Waals surface area contributed by atoms with Crippen molar-refractivity contribution < 1.29 is 4.79 Å². The van der Waals surface area contributed by atoms with E-state index in [-0.39, 0.29) is 6.42 Å². The van der Waals surface area contributed by atoms with Crippen LogP contribution in [0.3, 0.4) is 0 Å². The third kappa shape index (κ3) is 2.57. The van der Waals surface area contributed by atoms with E-state index in [4.69, 9.17) is 28.9 Å². The lowest BCUT2D eigenvalue weighted by atomic mass is 10.1. The van der Waals surface area contributed by atoms with Crippen molar-refractivity contribution in [2.75, 3.05) is 0 Å². The second-order valence-electron chi connectivity index (χ2n) is 4.90. The second-order valence-corrected chi connectivity index (χ2v) is 5.77. The summed E-state index contributed by atoms with van der Waals surface area (Å²) in [5, 5.41) is 1.29. The highest BCUT2D eigenvalue weighted by molar-refractivity contribution is 6.35. The number of amides is 1. The largest absolute Gasteiger partial charge is 0.369 e. The van der Waals surface area contributed by atoms with Gasteiger partial charge in [0, 0.05) is 47.2 Å². The predicted molar refractivity (Wildman–Crippen MR) is 84.0 cm³/mol. The summed E-state index contributed by atoms with van der Waals surface area (Å²) < 4.78 is 2.07. The SMILES string of the molecule is NC(=O)Cc1c(Cl)c(-c2cccnc2)n2c1C=C(Cl)CC2. The first-order valence-corrected chi connectivity index (χ1v) is 7.29. The number of aromatic nitrogens is 2. The molecule has 1 amide bonds. The molecule has 0 saturated heterocycles. The van der Waals surface area contributed by atoms with Gasteiger partial charge in [0.05, 0.1) is 17.1 Å². The zero-order valence-corrected chi connectivity index (χ0v) is 12.7. The average Bonchev–Trinajstić information content (AvgIpc) is 2.72. The maximum Gasteiger partial charge on any atom is 0.221 e. The predicted octanol–water partition coefficient (Wildman–Crippen LogP) is 3.21. The lowest BCUT2D eigenvalue weighted by Gasteiger charge is -2.16. The summed E-state index contributed by atoms with van der Waals surface area (Å²) in [6.07, 6.45) is 6.15. The standard InChI is InChI=1S/C15H13Cl2N3O/c16-10-3-5-20-12(6-10)11(7-13(18)21)14(17)15(20)9-2-1-4-19-8-9/h1-2,4,6,8H,3,5,7H2,(H2,18,21). The minimum atomic E-state index is -0.418. The maximum absolute atomic E-state index is 11.3. The molecule has 0 spiro atoms. The van der Waals surface area contributed by atoms with E-state index in [1.54, 1.807) is 12.4 Å². The number of primary amides is 1. The number of nitrogens with two attached hydrogens (primary N) is 1. The molecular weight excluding hydrogens is 309 g/mol. The highest BCUT2D eigenvalue weighted by atomic mass is 35.5. The van der Waals surface area contributed by atoms with Gasteiger partial charge in [-0.3, -0.25) is 9.78 Å². The molecule has 108 valence electrons. The van der Waals surface area contributed by atoms with Gasteiger partial charge in [-0.1, -0.05) is 23.2 Å². The summed E-state index contributed by atoms with van der Waals surface area (Å²) in [5.41, 5.74) is 8.68. The smallest absolute Gasteiger partial charge is 0.221 e. The molecule has 1 aliphatic heterocycles. The molecule has 0 fully saturated rings. The Hall–Kier alpha value is -1.78. The number of fused-ring (bicyclic) bond motifs is 1. The van der Waals surface area contributed by atoms with Gasteiger partial charge in [0.2, 0.25) is 5.91 Å². The monoisotopic (exact) mass is 321 g/mol. The van der Waals surface area contributed by atoms with Crippen LogP contribution in [0.5, 0.6) is 0 Å². The quantitative estimate of drug-likeness (QED) is 0.943. The molecule has 0 atom stereocenters. The number of pyridine rings is 1. The number of nitrogens with zero attached hydrogens (tertiary/aromatic N) is 2. The number of carbonyl (C=O) groups is 1. The molecule has 0 unspecified atom stereocenters. The highest BCUT2D eigenvalue weighted by Crippen LogP contribution is 2.39. The average molecular weight is 322 g/mol. The minimum absolute atomic E-state index is 0.0924. The van der Waals surface area contributed by atoms with Gasteiger partial charge >= 0.3 is 0 Å². The molecule has 3 rings (SSSR count). The van der Waals surface area contributed by atoms with Crippen molar-refractivity contribution in [2.45, 2.75) is 19.4 Å². The molecule has 0 aromatic carbocycles. The van der Waals surface area contributed by atoms with Crippen molar-refractivity contribution in [2.24, 2.45) is 5.73 Å². The number of halogens is 2. The van der Waals surface area contributed by atoms with E-state index in [0.717, 1.165) is 34.0 Å². The van der Waals surface area contributed by atoms with Gasteiger partial charge in [-0.25, -0.2) is 0 Å². The first kappa shape index (κ1) is 14.2. The van der Waals surface area contributed by atoms with Crippen molar-refractivity contribution in [1.82, 2.24) is 9.55 Å². The Kier molecular flexibility index (Phi) is 3.74. The van der Waals surface area contributed by atoms with E-state index in [1.807, 2.05) is 18.2 Å². The van der Waals surface area contributed by atoms with Crippen LogP contribution in [0.1, 0.15) is 17.7 Å². The van der Waals surface area contributed by atoms with E-state index in [9.17, 15) is 4.79 Å². The Balaban J connectivity index is 2.24. The zero-order chi connectivity index (χ0) is 15.0. The molecule has 2 aromatic heterocycles. The van der Waals surface area contributed by atoms with Crippen LogP contribution in [0.25, 0.3) is 17.3 Å². The fraction of sp³-hybridized carbons (Fsp3) is 0.200. The van der Waals surface area contributed by atoms with Gasteiger partial charge in [-0.15, -0.1) is 0 Å². The number of hydrogen-bond donors (Lipinski definition) is 1. The summed E-state index contributed by atoms with van der Waals surface area (Å²) in [4.78, 5) is 15.5. The van der Waals surface area contributed by atoms with Crippen LogP contribution in [0, 0.1) is 0 Å². The van der Waals surface area contributed by atoms with Crippen LogP contribution in [0.4, 0.5) is 0 Å². The summed E-state index contributed by atoms with van der Waals surface area (Å²) in [5.74, 6) is -0.418. The molecule has 0 saturated carbocycles. The van der Waals surface area contributed by atoms with Crippen molar-refractivity contribution in [3.63, 3.8) is 0 Å². The Morgan fingerprint density at radius 2 is 2.24 bits per heavy atom. The molecule has 0 bridgehead atoms. The Morgan fingerprint density at radius 1 is 1.43 bits per heavy atom. The molecule has 2 aromatic rings. The number of carbonyl (C=O) groups excluding carboxylic acids is 1. The van der Waals surface area contributed by atoms with Gasteiger partial charge in [-0.2, -0.15) is 0 Å². The molecule has 6 heteroatoms. The third-order valence-electron chi connectivity index (χ3n) is 3.50. The fourth-order valence-corrected chi connectivity index (χ4v) is 3.18. The lowest BCUT2D eigenvalue weighted by Crippen LogP contribution is -2.15. The first-order valence-electron chi connectivity index (χ1n) is 6.53. The van der Waals surface area contributed by atoms with Gasteiger partial charge in [-0.05, 0) is 18.2 Å². The molecule has 0 radical (unpaired) electrons. The van der Waals surface area contributed by atoms with E-state index >= 15 is 0 Å². The van der Waals surface area contributed by atoms with Crippen LogP contribution in [-0.2, 0) is 17.8 Å². The van der Waals surface area contributed by atoms with Crippen molar-refractivity contribution in [3.8, 4) is 11.3 Å². The van der Waals surface area contributed by atoms with E-state index < -0.39 is 5.91 Å². The van der Waals surface area contributed by atoms with E-state index in [1.165, 1.54) is 0 Å². The number of allylic oxidation sites excluding steroid dienone is 1. The van der Waals surface area contributed by atoms with Crippen LogP contribution in [-0.4, -0.2) is 15.5 Å². The van der Waals surface area contributed by atoms with Crippen LogP contribution < -0.4 is 5.73 Å². The van der Waals surface area contributed by atoms with E-state index in [2.05, 4.69) is 9.55 Å². The van der Waals surface area contributed by atoms with Crippen molar-refractivity contribution in [3.05, 3.63) is 45.8 Å². The van der Waals surface area contributed by atoms with Crippen LogP contribution >= 0.6 is 23.2 Å². The molecule has 0 aliphatic carbocycles. The van der Waals surface area contributed by atoms with Crippen molar-refractivity contribution in [1.29, 1.82) is 0 Å². The molecule has 3 heterocycles. The fourth-order valence-electron chi connectivity index (χ4n) is 2.62. The van der Waals surface area contributed by atoms with Gasteiger partial charge < -0.3 is 10.3 Å². The van der Waals surface area contributed by atoms with E-state index in [0.29, 0.717) is 11.6 Å². The molecular formula is C15H13Cl2N3O. The Bertz CT molecular complexity index is 735. The van der Waals surface area contributed by atoms with Gasteiger partial charge in [0.1, 0.15) is 0 Å². The summed E-state index contributed by atoms with van der Waals surface area (Å²) >= 11 is 12.7. The first-order chi connectivity index (χ1) is 10.1. The minimum Gasteiger partial charge on any atom is -0.369 e. The van der Waals surface area contributed by atoms with Crippen LogP contribution in [0.2, 0.25) is 5.02 Å². The number of rotatable bonds is 3. The number of hydrogen-bond acceptors (Lipinski definition) is 2. The van der Waals surface area contributed by atoms with Crippen LogP contribution in [0.15, 0.2) is 29.6 Å². The highest BCUT2D eigenvalue weighted by Gasteiger charge is 2.24. The molecule has 2 N–H and O–H groups in total. The Morgan fingerprint density at radius 3 is 2.90 bits per heavy atom. The second kappa shape index (κ2) is 5.54. The van der Waals surface area contributed by atoms with Gasteiger partial charge in [0.15, 0.2) is 0 Å².